The number of nitrogens with two attached hydrogens (primary N) is 1. The van der Waals surface area contributed by atoms with Gasteiger partial charge in [0.25, 0.3) is 0 Å². The minimum atomic E-state index is -0.270. The van der Waals surface area contributed by atoms with E-state index >= 15 is 0 Å². The van der Waals surface area contributed by atoms with Gasteiger partial charge in [-0.1, -0.05) is 0 Å². The molecule has 2 amide bonds. The summed E-state index contributed by atoms with van der Waals surface area (Å²) < 4.78 is 5.31. The molecule has 6 nitrogen and oxygen atoms in total. The van der Waals surface area contributed by atoms with E-state index in [-0.39, 0.29) is 36.8 Å². The lowest BCUT2D eigenvalue weighted by atomic mass is 10.2. The number of nitrogens with one attached hydrogen (secondary N) is 2. The van der Waals surface area contributed by atoms with E-state index in [2.05, 4.69) is 10.6 Å². The van der Waals surface area contributed by atoms with Gasteiger partial charge in [-0.2, -0.15) is 0 Å². The van der Waals surface area contributed by atoms with Gasteiger partial charge in [0.2, 0.25) is 11.8 Å². The van der Waals surface area contributed by atoms with Gasteiger partial charge in [0.05, 0.1) is 13.2 Å². The largest absolute Gasteiger partial charge is 0.494 e. The van der Waals surface area contributed by atoms with Crippen molar-refractivity contribution < 1.29 is 14.3 Å². The molecule has 0 radical (unpaired) electrons. The van der Waals surface area contributed by atoms with Crippen molar-refractivity contribution in [1.82, 2.24) is 5.32 Å². The Morgan fingerprint density at radius 3 is 2.41 bits per heavy atom. The molecule has 4 N–H and O–H groups in total. The third kappa shape index (κ3) is 8.49. The molecule has 0 aliphatic heterocycles. The second-order valence-corrected chi connectivity index (χ2v) is 4.80. The molecule has 1 unspecified atom stereocenters. The maximum absolute atomic E-state index is 11.7. The van der Waals surface area contributed by atoms with Crippen molar-refractivity contribution in [2.75, 3.05) is 18.5 Å². The van der Waals surface area contributed by atoms with Crippen LogP contribution < -0.4 is 21.1 Å². The molecule has 124 valence electrons. The number of hydrogen-bond acceptors (Lipinski definition) is 4. The van der Waals surface area contributed by atoms with Crippen molar-refractivity contribution >= 4 is 29.9 Å². The maximum Gasteiger partial charge on any atom is 0.243 e. The lowest BCUT2D eigenvalue weighted by Crippen LogP contribution is -2.33. The van der Waals surface area contributed by atoms with E-state index in [1.54, 1.807) is 24.3 Å². The standard InChI is InChI=1S/C15H23N3O3.ClH/c1-3-21-13-7-5-12(6-8-13)18-15(20)10-17-14(19)9-4-11(2)16;/h5-8,11H,3-4,9-10,16H2,1-2H3,(H,17,19)(H,18,20);1H. The van der Waals surface area contributed by atoms with Crippen LogP contribution in [0.3, 0.4) is 0 Å². The van der Waals surface area contributed by atoms with Gasteiger partial charge in [-0.05, 0) is 44.5 Å². The number of hydrogen-bond donors (Lipinski definition) is 3. The molecular weight excluding hydrogens is 306 g/mol. The number of carbonyl (C=O) groups excluding carboxylic acids is 2. The van der Waals surface area contributed by atoms with Crippen molar-refractivity contribution in [2.24, 2.45) is 5.73 Å². The van der Waals surface area contributed by atoms with E-state index in [0.717, 1.165) is 5.75 Å². The van der Waals surface area contributed by atoms with Crippen molar-refractivity contribution in [3.63, 3.8) is 0 Å². The Hall–Kier alpha value is -1.79. The average molecular weight is 330 g/mol. The fraction of sp³-hybridized carbons (Fsp3) is 0.467. The van der Waals surface area contributed by atoms with Crippen LogP contribution in [0, 0.1) is 0 Å². The summed E-state index contributed by atoms with van der Waals surface area (Å²) in [4.78, 5) is 23.1. The van der Waals surface area contributed by atoms with E-state index in [1.165, 1.54) is 0 Å². The molecule has 0 heterocycles. The maximum atomic E-state index is 11.7. The van der Waals surface area contributed by atoms with Crippen LogP contribution in [-0.2, 0) is 9.59 Å². The van der Waals surface area contributed by atoms with Gasteiger partial charge >= 0.3 is 0 Å². The van der Waals surface area contributed by atoms with Crippen LogP contribution in [0.25, 0.3) is 0 Å². The molecule has 1 rings (SSSR count). The molecule has 0 saturated heterocycles. The molecule has 7 heteroatoms. The lowest BCUT2D eigenvalue weighted by molar-refractivity contribution is -0.124. The number of carbonyl (C=O) groups is 2. The minimum absolute atomic E-state index is 0. The molecule has 0 aliphatic carbocycles. The monoisotopic (exact) mass is 329 g/mol. The van der Waals surface area contributed by atoms with Crippen LogP contribution in [0.1, 0.15) is 26.7 Å². The fourth-order valence-electron chi connectivity index (χ4n) is 1.63. The average Bonchev–Trinajstić information content (AvgIpc) is 2.45. The molecule has 1 aromatic carbocycles. The van der Waals surface area contributed by atoms with Crippen LogP contribution in [0.4, 0.5) is 5.69 Å². The Kier molecular flexibility index (Phi) is 9.98. The molecule has 0 bridgehead atoms. The SMILES string of the molecule is CCOc1ccc(NC(=O)CNC(=O)CCC(C)N)cc1.Cl. The molecule has 0 aromatic heterocycles. The second kappa shape index (κ2) is 10.9. The van der Waals surface area contributed by atoms with Crippen LogP contribution >= 0.6 is 12.4 Å². The Bertz CT molecular complexity index is 464. The number of amides is 2. The third-order valence-corrected chi connectivity index (χ3v) is 2.72. The summed E-state index contributed by atoms with van der Waals surface area (Å²) in [6, 6.07) is 7.04. The first-order valence-electron chi connectivity index (χ1n) is 7.06. The Labute approximate surface area is 137 Å². The van der Waals surface area contributed by atoms with E-state index in [0.29, 0.717) is 25.1 Å². The summed E-state index contributed by atoms with van der Waals surface area (Å²) in [6.45, 7) is 4.29. The van der Waals surface area contributed by atoms with E-state index in [1.807, 2.05) is 13.8 Å². The summed E-state index contributed by atoms with van der Waals surface area (Å²) in [7, 11) is 0. The molecule has 1 aromatic rings. The molecule has 22 heavy (non-hydrogen) atoms. The van der Waals surface area contributed by atoms with Crippen LogP contribution in [0.2, 0.25) is 0 Å². The smallest absolute Gasteiger partial charge is 0.243 e. The zero-order chi connectivity index (χ0) is 15.7. The van der Waals surface area contributed by atoms with Gasteiger partial charge < -0.3 is 21.1 Å². The summed E-state index contributed by atoms with van der Waals surface area (Å²) >= 11 is 0. The third-order valence-electron chi connectivity index (χ3n) is 2.72. The number of anilines is 1. The normalized spacial score (nSPS) is 11.0. The highest BCUT2D eigenvalue weighted by Crippen LogP contribution is 2.15. The first kappa shape index (κ1) is 20.2. The van der Waals surface area contributed by atoms with Gasteiger partial charge in [0.15, 0.2) is 0 Å². The summed E-state index contributed by atoms with van der Waals surface area (Å²) in [6.07, 6.45) is 0.931. The van der Waals surface area contributed by atoms with Crippen molar-refractivity contribution in [2.45, 2.75) is 32.7 Å². The molecule has 0 fully saturated rings. The highest BCUT2D eigenvalue weighted by atomic mass is 35.5. The highest BCUT2D eigenvalue weighted by molar-refractivity contribution is 5.94. The number of halogens is 1. The minimum Gasteiger partial charge on any atom is -0.494 e. The predicted molar refractivity (Wildman–Crippen MR) is 89.4 cm³/mol. The fourth-order valence-corrected chi connectivity index (χ4v) is 1.63. The van der Waals surface area contributed by atoms with Gasteiger partial charge in [-0.3, -0.25) is 9.59 Å². The number of rotatable bonds is 8. The quantitative estimate of drug-likeness (QED) is 0.676. The Morgan fingerprint density at radius 1 is 1.23 bits per heavy atom. The first-order valence-corrected chi connectivity index (χ1v) is 7.06. The van der Waals surface area contributed by atoms with E-state index in [9.17, 15) is 9.59 Å². The Morgan fingerprint density at radius 2 is 1.86 bits per heavy atom. The number of ether oxygens (including phenoxy) is 1. The van der Waals surface area contributed by atoms with Gasteiger partial charge in [0.1, 0.15) is 5.75 Å². The van der Waals surface area contributed by atoms with Crippen molar-refractivity contribution in [3.8, 4) is 5.75 Å². The predicted octanol–water partition coefficient (Wildman–Crippen LogP) is 1.69. The zero-order valence-corrected chi connectivity index (χ0v) is 13.7. The lowest BCUT2D eigenvalue weighted by Gasteiger charge is -2.09. The van der Waals surface area contributed by atoms with E-state index in [4.69, 9.17) is 10.5 Å². The second-order valence-electron chi connectivity index (χ2n) is 4.80. The first-order chi connectivity index (χ1) is 10.0. The molecule has 0 saturated carbocycles. The van der Waals surface area contributed by atoms with Crippen molar-refractivity contribution in [3.05, 3.63) is 24.3 Å². The molecule has 0 aliphatic rings. The number of benzene rings is 1. The molecule has 1 atom stereocenters. The summed E-state index contributed by atoms with van der Waals surface area (Å²) in [5.41, 5.74) is 6.22. The summed E-state index contributed by atoms with van der Waals surface area (Å²) in [5, 5.41) is 5.26. The van der Waals surface area contributed by atoms with Gasteiger partial charge in [-0.15, -0.1) is 12.4 Å². The molecular formula is C15H24ClN3O3. The van der Waals surface area contributed by atoms with Crippen LogP contribution in [0.15, 0.2) is 24.3 Å². The van der Waals surface area contributed by atoms with Crippen molar-refractivity contribution in [1.29, 1.82) is 0 Å². The summed E-state index contributed by atoms with van der Waals surface area (Å²) in [5.74, 6) is 0.308. The van der Waals surface area contributed by atoms with Gasteiger partial charge in [-0.25, -0.2) is 0 Å². The van der Waals surface area contributed by atoms with Crippen LogP contribution in [0.5, 0.6) is 5.75 Å². The van der Waals surface area contributed by atoms with E-state index < -0.39 is 0 Å². The van der Waals surface area contributed by atoms with Gasteiger partial charge in [0, 0.05) is 18.2 Å². The highest BCUT2D eigenvalue weighted by Gasteiger charge is 2.07. The Balaban J connectivity index is 0.00000441. The van der Waals surface area contributed by atoms with Crippen LogP contribution in [-0.4, -0.2) is 31.0 Å². The topological polar surface area (TPSA) is 93.5 Å². The zero-order valence-electron chi connectivity index (χ0n) is 12.9. The molecule has 0 spiro atoms.